The van der Waals surface area contributed by atoms with Gasteiger partial charge in [0, 0.05) is 50.4 Å². The molecule has 3 rings (SSSR count). The molecule has 0 aliphatic carbocycles. The number of likely N-dealkylation sites (tertiary alicyclic amines) is 1. The van der Waals surface area contributed by atoms with Crippen molar-refractivity contribution in [3.63, 3.8) is 0 Å². The summed E-state index contributed by atoms with van der Waals surface area (Å²) in [7, 11) is 1.79. The molecular formula is C16H22FN5OS. The summed E-state index contributed by atoms with van der Waals surface area (Å²) in [6.45, 7) is 1.76. The number of aromatic amines is 1. The highest BCUT2D eigenvalue weighted by molar-refractivity contribution is 7.09. The first-order valence-corrected chi connectivity index (χ1v) is 8.98. The number of H-pyrrole nitrogens is 1. The molecule has 2 atom stereocenters. The van der Waals surface area contributed by atoms with Crippen molar-refractivity contribution >= 4 is 17.2 Å². The quantitative estimate of drug-likeness (QED) is 0.827. The number of carbonyl (C=O) groups excluding carboxylic acids is 1. The molecule has 6 nitrogen and oxygen atoms in total. The lowest BCUT2D eigenvalue weighted by molar-refractivity contribution is -0.130. The summed E-state index contributed by atoms with van der Waals surface area (Å²) in [5, 5.41) is 8.56. The normalized spacial score (nSPS) is 21.2. The third kappa shape index (κ3) is 4.39. The molecule has 1 aliphatic heterocycles. The monoisotopic (exact) mass is 351 g/mol. The lowest BCUT2D eigenvalue weighted by Crippen LogP contribution is -2.40. The van der Waals surface area contributed by atoms with Crippen molar-refractivity contribution in [2.45, 2.75) is 38.0 Å². The van der Waals surface area contributed by atoms with Gasteiger partial charge >= 0.3 is 0 Å². The highest BCUT2D eigenvalue weighted by atomic mass is 32.1. The highest BCUT2D eigenvalue weighted by Crippen LogP contribution is 2.24. The predicted molar refractivity (Wildman–Crippen MR) is 90.4 cm³/mol. The van der Waals surface area contributed by atoms with Crippen LogP contribution in [0.25, 0.3) is 0 Å². The third-order valence-corrected chi connectivity index (χ3v) is 5.23. The minimum atomic E-state index is -0.812. The van der Waals surface area contributed by atoms with Crippen LogP contribution in [0.2, 0.25) is 0 Å². The van der Waals surface area contributed by atoms with Gasteiger partial charge in [-0.2, -0.15) is 5.10 Å². The van der Waals surface area contributed by atoms with Crippen molar-refractivity contribution in [3.05, 3.63) is 34.5 Å². The van der Waals surface area contributed by atoms with Crippen LogP contribution in [0.1, 0.15) is 23.5 Å². The molecule has 0 saturated carbocycles. The van der Waals surface area contributed by atoms with E-state index in [1.54, 1.807) is 23.3 Å². The lowest BCUT2D eigenvalue weighted by atomic mass is 10.2. The Balaban J connectivity index is 1.51. The van der Waals surface area contributed by atoms with E-state index in [1.807, 2.05) is 11.4 Å². The summed E-state index contributed by atoms with van der Waals surface area (Å²) in [6.07, 6.45) is 2.03. The van der Waals surface area contributed by atoms with Gasteiger partial charge < -0.3 is 4.90 Å². The summed E-state index contributed by atoms with van der Waals surface area (Å²) in [4.78, 5) is 21.4. The zero-order chi connectivity index (χ0) is 16.9. The Bertz CT molecular complexity index is 633. The van der Waals surface area contributed by atoms with Gasteiger partial charge in [0.05, 0.1) is 0 Å². The number of rotatable bonds is 7. The largest absolute Gasteiger partial charge is 0.344 e. The van der Waals surface area contributed by atoms with E-state index in [-0.39, 0.29) is 11.9 Å². The van der Waals surface area contributed by atoms with Crippen LogP contribution in [0.15, 0.2) is 23.8 Å². The summed E-state index contributed by atoms with van der Waals surface area (Å²) >= 11 is 1.68. The second-order valence-electron chi connectivity index (χ2n) is 6.20. The number of thiophene rings is 1. The van der Waals surface area contributed by atoms with Crippen LogP contribution >= 0.6 is 11.3 Å². The van der Waals surface area contributed by atoms with Gasteiger partial charge in [-0.3, -0.25) is 14.8 Å². The molecule has 1 saturated heterocycles. The topological polar surface area (TPSA) is 65.1 Å². The van der Waals surface area contributed by atoms with Gasteiger partial charge in [0.1, 0.15) is 18.3 Å². The van der Waals surface area contributed by atoms with E-state index in [1.165, 1.54) is 11.2 Å². The van der Waals surface area contributed by atoms with E-state index in [4.69, 9.17) is 0 Å². The van der Waals surface area contributed by atoms with E-state index in [0.29, 0.717) is 38.2 Å². The molecule has 24 heavy (non-hydrogen) atoms. The number of alkyl halides is 1. The van der Waals surface area contributed by atoms with Gasteiger partial charge in [-0.15, -0.1) is 11.3 Å². The van der Waals surface area contributed by atoms with E-state index in [0.717, 1.165) is 6.54 Å². The fourth-order valence-corrected chi connectivity index (χ4v) is 3.82. The molecule has 2 aromatic heterocycles. The zero-order valence-electron chi connectivity index (χ0n) is 13.7. The van der Waals surface area contributed by atoms with Crippen LogP contribution in [0.4, 0.5) is 4.39 Å². The first-order valence-electron chi connectivity index (χ1n) is 8.10. The number of hydrogen-bond donors (Lipinski definition) is 1. The van der Waals surface area contributed by atoms with Gasteiger partial charge in [-0.05, 0) is 17.9 Å². The highest BCUT2D eigenvalue weighted by Gasteiger charge is 2.33. The van der Waals surface area contributed by atoms with Crippen LogP contribution in [0.5, 0.6) is 0 Å². The predicted octanol–water partition coefficient (Wildman–Crippen LogP) is 1.87. The Hall–Kier alpha value is -1.80. The number of nitrogens with zero attached hydrogens (tertiary/aromatic N) is 4. The molecule has 0 unspecified atom stereocenters. The van der Waals surface area contributed by atoms with Crippen molar-refractivity contribution < 1.29 is 9.18 Å². The molecule has 8 heteroatoms. The first kappa shape index (κ1) is 17.0. The molecule has 0 spiro atoms. The van der Waals surface area contributed by atoms with Gasteiger partial charge in [-0.25, -0.2) is 9.37 Å². The van der Waals surface area contributed by atoms with Gasteiger partial charge in [-0.1, -0.05) is 6.07 Å². The lowest BCUT2D eigenvalue weighted by Gasteiger charge is -2.28. The summed E-state index contributed by atoms with van der Waals surface area (Å²) in [6, 6.07) is 4.15. The van der Waals surface area contributed by atoms with E-state index in [2.05, 4.69) is 26.1 Å². The number of halogens is 1. The molecule has 0 aromatic carbocycles. The minimum Gasteiger partial charge on any atom is -0.344 e. The molecule has 3 heterocycles. The fraction of sp³-hybridized carbons (Fsp3) is 0.562. The maximum absolute atomic E-state index is 13.9. The van der Waals surface area contributed by atoms with Gasteiger partial charge in [0.2, 0.25) is 5.91 Å². The summed E-state index contributed by atoms with van der Waals surface area (Å²) < 4.78 is 13.9. The molecule has 1 fully saturated rings. The van der Waals surface area contributed by atoms with Crippen molar-refractivity contribution in [3.8, 4) is 0 Å². The number of hydrogen-bond acceptors (Lipinski definition) is 5. The first-order chi connectivity index (χ1) is 11.6. The maximum Gasteiger partial charge on any atom is 0.222 e. The molecular weight excluding hydrogens is 329 g/mol. The fourth-order valence-electron chi connectivity index (χ4n) is 3.09. The van der Waals surface area contributed by atoms with Crippen molar-refractivity contribution in [1.82, 2.24) is 25.0 Å². The van der Waals surface area contributed by atoms with Gasteiger partial charge in [0.15, 0.2) is 0 Å². The van der Waals surface area contributed by atoms with E-state index < -0.39 is 6.17 Å². The Morgan fingerprint density at radius 2 is 2.46 bits per heavy atom. The number of likely N-dealkylation sites (N-methyl/N-ethyl adjacent to an activating group) is 1. The van der Waals surface area contributed by atoms with Crippen LogP contribution < -0.4 is 0 Å². The van der Waals surface area contributed by atoms with E-state index in [9.17, 15) is 9.18 Å². The average Bonchev–Trinajstić information content (AvgIpc) is 3.29. The summed E-state index contributed by atoms with van der Waals surface area (Å²) in [5.41, 5.74) is 0. The molecule has 1 N–H and O–H groups in total. The zero-order valence-corrected chi connectivity index (χ0v) is 14.5. The Morgan fingerprint density at radius 1 is 1.58 bits per heavy atom. The van der Waals surface area contributed by atoms with Crippen LogP contribution in [-0.4, -0.2) is 63.2 Å². The second kappa shape index (κ2) is 7.85. The Labute approximate surface area is 144 Å². The average molecular weight is 351 g/mol. The molecule has 2 aromatic rings. The van der Waals surface area contributed by atoms with Crippen LogP contribution in [-0.2, 0) is 17.8 Å². The third-order valence-electron chi connectivity index (χ3n) is 4.37. The van der Waals surface area contributed by atoms with Crippen molar-refractivity contribution in [1.29, 1.82) is 0 Å². The Morgan fingerprint density at radius 3 is 3.17 bits per heavy atom. The smallest absolute Gasteiger partial charge is 0.222 e. The van der Waals surface area contributed by atoms with Crippen LogP contribution in [0, 0.1) is 0 Å². The number of aromatic nitrogens is 3. The van der Waals surface area contributed by atoms with Crippen molar-refractivity contribution in [2.75, 3.05) is 20.1 Å². The molecule has 1 amide bonds. The standard InChI is InChI=1S/C16H22FN5OS/c1-21(16(23)5-4-15-18-11-19-20-15)9-13-7-12(17)8-22(13)10-14-3-2-6-24-14/h2-3,6,11-13H,4-5,7-10H2,1H3,(H,18,19,20)/t12-,13-/m0/s1. The molecule has 0 radical (unpaired) electrons. The van der Waals surface area contributed by atoms with Gasteiger partial charge in [0.25, 0.3) is 0 Å². The molecule has 1 aliphatic rings. The second-order valence-corrected chi connectivity index (χ2v) is 7.23. The van der Waals surface area contributed by atoms with Crippen molar-refractivity contribution in [2.24, 2.45) is 0 Å². The van der Waals surface area contributed by atoms with Crippen LogP contribution in [0.3, 0.4) is 0 Å². The SMILES string of the molecule is CN(C[C@@H]1C[C@H](F)CN1Cc1cccs1)C(=O)CCc1ncn[nH]1. The maximum atomic E-state index is 13.9. The summed E-state index contributed by atoms with van der Waals surface area (Å²) in [5.74, 6) is 0.755. The molecule has 130 valence electrons. The Kier molecular flexibility index (Phi) is 5.57. The van der Waals surface area contributed by atoms with E-state index >= 15 is 0 Å². The minimum absolute atomic E-state index is 0.0461. The number of nitrogens with one attached hydrogen (secondary N) is 1. The molecule has 0 bridgehead atoms. The number of amides is 1. The number of carbonyl (C=O) groups is 1. The number of aryl methyl sites for hydroxylation is 1.